The lowest BCUT2D eigenvalue weighted by Gasteiger charge is -2.07. The van der Waals surface area contributed by atoms with Gasteiger partial charge in [0.25, 0.3) is 0 Å². The maximum atomic E-state index is 12.8. The molecule has 0 aliphatic carbocycles. The van der Waals surface area contributed by atoms with E-state index in [2.05, 4.69) is 53.9 Å². The topological polar surface area (TPSA) is 0 Å². The van der Waals surface area contributed by atoms with Crippen molar-refractivity contribution in [2.24, 2.45) is 0 Å². The van der Waals surface area contributed by atoms with E-state index in [-0.39, 0.29) is 0 Å². The van der Waals surface area contributed by atoms with Crippen molar-refractivity contribution in [3.05, 3.63) is 94.2 Å². The molecule has 0 spiro atoms. The highest BCUT2D eigenvalue weighted by Crippen LogP contribution is 2.38. The smallest absolute Gasteiger partial charge is 0.166 e. The molecule has 0 nitrogen and oxygen atoms in total. The summed E-state index contributed by atoms with van der Waals surface area (Å²) in [5.74, 6) is 0. The van der Waals surface area contributed by atoms with Crippen LogP contribution in [0.1, 0.15) is 16.0 Å². The van der Waals surface area contributed by atoms with Crippen LogP contribution in [0.2, 0.25) is 0 Å². The van der Waals surface area contributed by atoms with Gasteiger partial charge in [-0.1, -0.05) is 36.4 Å². The molecule has 6 rings (SSSR count). The minimum Gasteiger partial charge on any atom is -0.166 e. The zero-order valence-electron chi connectivity index (χ0n) is 16.9. The van der Waals surface area contributed by atoms with E-state index in [0.717, 1.165) is 18.4 Å². The predicted octanol–water partition coefficient (Wildman–Crippen LogP) is 9.23. The van der Waals surface area contributed by atoms with Crippen molar-refractivity contribution in [2.45, 2.75) is 19.0 Å². The highest BCUT2D eigenvalue weighted by atomic mass is 32.1. The summed E-state index contributed by atoms with van der Waals surface area (Å²) in [6, 6.07) is 23.2. The Bertz CT molecular complexity index is 1600. The zero-order chi connectivity index (χ0) is 21.9. The van der Waals surface area contributed by atoms with Gasteiger partial charge in [0, 0.05) is 25.0 Å². The van der Waals surface area contributed by atoms with Crippen LogP contribution in [-0.4, -0.2) is 0 Å². The monoisotopic (exact) mass is 462 g/mol. The second kappa shape index (κ2) is 7.32. The molecule has 0 bridgehead atoms. The van der Waals surface area contributed by atoms with Crippen LogP contribution in [0.15, 0.2) is 78.2 Å². The average molecular weight is 463 g/mol. The summed E-state index contributed by atoms with van der Waals surface area (Å²) in [6.45, 7) is 0. The van der Waals surface area contributed by atoms with E-state index < -0.39 is 11.7 Å². The van der Waals surface area contributed by atoms with E-state index in [9.17, 15) is 13.2 Å². The van der Waals surface area contributed by atoms with Crippen LogP contribution >= 0.6 is 22.7 Å². The lowest BCUT2D eigenvalue weighted by molar-refractivity contribution is -0.137. The maximum Gasteiger partial charge on any atom is 0.416 e. The van der Waals surface area contributed by atoms with Crippen molar-refractivity contribution in [1.82, 2.24) is 0 Å². The van der Waals surface area contributed by atoms with Crippen LogP contribution in [0.25, 0.3) is 41.7 Å². The van der Waals surface area contributed by atoms with Gasteiger partial charge in [0.15, 0.2) is 0 Å². The van der Waals surface area contributed by atoms with Gasteiger partial charge < -0.3 is 0 Å². The first kappa shape index (κ1) is 19.8. The number of alkyl halides is 3. The molecule has 0 aliphatic heterocycles. The third-order valence-electron chi connectivity index (χ3n) is 6.04. The molecule has 158 valence electrons. The minimum atomic E-state index is -4.29. The summed E-state index contributed by atoms with van der Waals surface area (Å²) in [7, 11) is 0. The quantitative estimate of drug-likeness (QED) is 0.230. The fourth-order valence-corrected chi connectivity index (χ4v) is 6.48. The Hall–Kier alpha value is -2.89. The van der Waals surface area contributed by atoms with E-state index >= 15 is 0 Å². The fourth-order valence-electron chi connectivity index (χ4n) is 4.37. The minimum absolute atomic E-state index is 0.596. The molecule has 0 fully saturated rings. The zero-order valence-corrected chi connectivity index (χ0v) is 18.5. The number of rotatable bonds is 3. The summed E-state index contributed by atoms with van der Waals surface area (Å²) in [5.41, 5.74) is 0.327. The number of fused-ring (bicyclic) bond motifs is 6. The van der Waals surface area contributed by atoms with Crippen molar-refractivity contribution in [3.63, 3.8) is 0 Å². The lowest BCUT2D eigenvalue weighted by Crippen LogP contribution is -2.04. The molecule has 0 radical (unpaired) electrons. The predicted molar refractivity (Wildman–Crippen MR) is 131 cm³/mol. The van der Waals surface area contributed by atoms with Crippen molar-refractivity contribution < 1.29 is 13.2 Å². The Morgan fingerprint density at radius 1 is 0.625 bits per heavy atom. The molecule has 4 aromatic carbocycles. The van der Waals surface area contributed by atoms with Crippen molar-refractivity contribution in [1.29, 1.82) is 0 Å². The van der Waals surface area contributed by atoms with E-state index in [4.69, 9.17) is 0 Å². The van der Waals surface area contributed by atoms with Gasteiger partial charge in [0.1, 0.15) is 0 Å². The van der Waals surface area contributed by atoms with Crippen molar-refractivity contribution >= 4 is 64.4 Å². The Balaban J connectivity index is 1.35. The molecule has 0 saturated heterocycles. The van der Waals surface area contributed by atoms with Crippen LogP contribution in [0.4, 0.5) is 13.2 Å². The molecule has 2 aromatic heterocycles. The summed E-state index contributed by atoms with van der Waals surface area (Å²) < 4.78 is 40.9. The number of hydrogen-bond donors (Lipinski definition) is 0. The largest absolute Gasteiger partial charge is 0.416 e. The van der Waals surface area contributed by atoms with Gasteiger partial charge in [-0.15, -0.1) is 22.7 Å². The third-order valence-corrected chi connectivity index (χ3v) is 8.25. The Morgan fingerprint density at radius 3 is 2.00 bits per heavy atom. The first-order valence-electron chi connectivity index (χ1n) is 10.4. The standard InChI is InChI=1S/C27H17F3S2/c28-27(29,30)21-8-1-16(2-9-21)3-10-22-13-20-7-6-19-14-23-18(15-24(19)26(20)32-22)5-4-17-11-12-31-25(17)23/h1-2,4-9,11-15H,3,10H2. The van der Waals surface area contributed by atoms with Gasteiger partial charge >= 0.3 is 6.18 Å². The van der Waals surface area contributed by atoms with Gasteiger partial charge in [-0.3, -0.25) is 0 Å². The van der Waals surface area contributed by atoms with Gasteiger partial charge in [0.2, 0.25) is 0 Å². The molecule has 0 unspecified atom stereocenters. The second-order valence-electron chi connectivity index (χ2n) is 8.09. The molecule has 32 heavy (non-hydrogen) atoms. The maximum absolute atomic E-state index is 12.8. The molecule has 5 heteroatoms. The molecule has 2 heterocycles. The SMILES string of the molecule is FC(F)(F)c1ccc(CCc2cc3ccc4cc5c(ccc6ccsc65)cc4c3s2)cc1. The van der Waals surface area contributed by atoms with Crippen LogP contribution < -0.4 is 0 Å². The fraction of sp³-hybridized carbons (Fsp3) is 0.111. The first-order valence-corrected chi connectivity index (χ1v) is 12.1. The third kappa shape index (κ3) is 3.37. The molecular weight excluding hydrogens is 445 g/mol. The Kier molecular flexibility index (Phi) is 4.52. The average Bonchev–Trinajstić information content (AvgIpc) is 3.43. The number of benzene rings is 4. The number of halogens is 3. The second-order valence-corrected chi connectivity index (χ2v) is 10.1. The lowest BCUT2D eigenvalue weighted by atomic mass is 10.0. The molecular formula is C27H17F3S2. The molecule has 0 atom stereocenters. The highest BCUT2D eigenvalue weighted by molar-refractivity contribution is 7.20. The van der Waals surface area contributed by atoms with Crippen LogP contribution in [-0.2, 0) is 19.0 Å². The van der Waals surface area contributed by atoms with Gasteiger partial charge in [-0.05, 0) is 81.7 Å². The molecule has 0 saturated carbocycles. The van der Waals surface area contributed by atoms with Gasteiger partial charge in [0.05, 0.1) is 5.56 Å². The Labute approximate surface area is 190 Å². The van der Waals surface area contributed by atoms with E-state index in [0.29, 0.717) is 0 Å². The summed E-state index contributed by atoms with van der Waals surface area (Å²) >= 11 is 3.57. The summed E-state index contributed by atoms with van der Waals surface area (Å²) in [4.78, 5) is 1.25. The van der Waals surface area contributed by atoms with Gasteiger partial charge in [-0.2, -0.15) is 13.2 Å². The normalized spacial score (nSPS) is 12.5. The summed E-state index contributed by atoms with van der Waals surface area (Å²) in [5, 5.41) is 9.69. The van der Waals surface area contributed by atoms with E-state index in [1.54, 1.807) is 34.8 Å². The van der Waals surface area contributed by atoms with Crippen LogP contribution in [0, 0.1) is 0 Å². The van der Waals surface area contributed by atoms with Gasteiger partial charge in [-0.25, -0.2) is 0 Å². The molecule has 0 aliphatic rings. The Morgan fingerprint density at radius 2 is 1.28 bits per heavy atom. The molecule has 0 N–H and O–H groups in total. The first-order chi connectivity index (χ1) is 15.5. The van der Waals surface area contributed by atoms with Crippen LogP contribution in [0.3, 0.4) is 0 Å². The molecule has 0 amide bonds. The van der Waals surface area contributed by atoms with E-state index in [1.807, 2.05) is 0 Å². The highest BCUT2D eigenvalue weighted by Gasteiger charge is 2.29. The molecule has 6 aromatic rings. The van der Waals surface area contributed by atoms with Crippen molar-refractivity contribution in [3.8, 4) is 0 Å². The summed E-state index contributed by atoms with van der Waals surface area (Å²) in [6.07, 6.45) is -2.75. The number of aryl methyl sites for hydroxylation is 2. The van der Waals surface area contributed by atoms with Crippen LogP contribution in [0.5, 0.6) is 0 Å². The number of thiophene rings is 2. The van der Waals surface area contributed by atoms with Crippen molar-refractivity contribution in [2.75, 3.05) is 0 Å². The van der Waals surface area contributed by atoms with E-state index in [1.165, 1.54) is 58.7 Å². The number of hydrogen-bond acceptors (Lipinski definition) is 2.